The summed E-state index contributed by atoms with van der Waals surface area (Å²) in [5, 5.41) is 7.14. The summed E-state index contributed by atoms with van der Waals surface area (Å²) in [7, 11) is 0. The van der Waals surface area contributed by atoms with E-state index in [9.17, 15) is 9.18 Å². The van der Waals surface area contributed by atoms with Crippen LogP contribution in [-0.4, -0.2) is 28.8 Å². The average Bonchev–Trinajstić information content (AvgIpc) is 3.25. The molecule has 138 valence electrons. The van der Waals surface area contributed by atoms with Gasteiger partial charge in [0.15, 0.2) is 0 Å². The molecule has 6 heteroatoms. The molecule has 1 N–H and O–H groups in total. The van der Waals surface area contributed by atoms with Crippen molar-refractivity contribution in [2.75, 3.05) is 23.3 Å². The van der Waals surface area contributed by atoms with Gasteiger partial charge in [0.2, 0.25) is 0 Å². The summed E-state index contributed by atoms with van der Waals surface area (Å²) in [5.41, 5.74) is 4.56. The van der Waals surface area contributed by atoms with Gasteiger partial charge < -0.3 is 10.2 Å². The summed E-state index contributed by atoms with van der Waals surface area (Å²) < 4.78 is 15.5. The van der Waals surface area contributed by atoms with Gasteiger partial charge in [-0.05, 0) is 50.1 Å². The number of carbonyl (C=O) groups excluding carboxylic acids is 1. The third kappa shape index (κ3) is 3.07. The number of benzene rings is 2. The lowest BCUT2D eigenvalue weighted by Crippen LogP contribution is -2.19. The van der Waals surface area contributed by atoms with Crippen molar-refractivity contribution in [3.05, 3.63) is 71.3 Å². The number of rotatable bonds is 4. The highest BCUT2D eigenvalue weighted by Gasteiger charge is 2.20. The minimum absolute atomic E-state index is 0.254. The maximum Gasteiger partial charge on any atom is 0.259 e. The van der Waals surface area contributed by atoms with Crippen molar-refractivity contribution in [2.45, 2.75) is 20.3 Å². The second-order valence-corrected chi connectivity index (χ2v) is 6.63. The number of carbonyl (C=O) groups is 1. The van der Waals surface area contributed by atoms with E-state index < -0.39 is 0 Å². The van der Waals surface area contributed by atoms with Crippen LogP contribution in [0.15, 0.2) is 48.7 Å². The largest absolute Gasteiger partial charge is 0.371 e. The Morgan fingerprint density at radius 3 is 2.81 bits per heavy atom. The Kier molecular flexibility index (Phi) is 4.39. The number of nitrogens with zero attached hydrogens (tertiary/aromatic N) is 3. The van der Waals surface area contributed by atoms with Crippen LogP contribution < -0.4 is 10.2 Å². The molecule has 1 aliphatic heterocycles. The Morgan fingerprint density at radius 1 is 1.22 bits per heavy atom. The Balaban J connectivity index is 1.59. The lowest BCUT2D eigenvalue weighted by atomic mass is 10.1. The molecule has 0 unspecified atom stereocenters. The van der Waals surface area contributed by atoms with Crippen LogP contribution in [0.3, 0.4) is 0 Å². The fraction of sp³-hybridized carbons (Fsp3) is 0.238. The number of hydrogen-bond donors (Lipinski definition) is 1. The molecular weight excluding hydrogens is 343 g/mol. The zero-order chi connectivity index (χ0) is 19.0. The van der Waals surface area contributed by atoms with Crippen LogP contribution in [0, 0.1) is 12.7 Å². The fourth-order valence-electron chi connectivity index (χ4n) is 3.55. The van der Waals surface area contributed by atoms with E-state index >= 15 is 0 Å². The van der Waals surface area contributed by atoms with Crippen LogP contribution in [0.2, 0.25) is 0 Å². The van der Waals surface area contributed by atoms with Gasteiger partial charge in [-0.3, -0.25) is 4.79 Å². The summed E-state index contributed by atoms with van der Waals surface area (Å²) >= 11 is 0. The first-order valence-corrected chi connectivity index (χ1v) is 9.07. The highest BCUT2D eigenvalue weighted by molar-refractivity contribution is 6.05. The summed E-state index contributed by atoms with van der Waals surface area (Å²) in [4.78, 5) is 15.0. The molecule has 0 bridgehead atoms. The summed E-state index contributed by atoms with van der Waals surface area (Å²) in [6, 6.07) is 12.4. The van der Waals surface area contributed by atoms with Gasteiger partial charge in [-0.1, -0.05) is 18.2 Å². The number of likely N-dealkylation sites (N-methyl/N-ethyl adjacent to an activating group) is 1. The fourth-order valence-corrected chi connectivity index (χ4v) is 3.55. The van der Waals surface area contributed by atoms with Crippen LogP contribution in [0.5, 0.6) is 0 Å². The van der Waals surface area contributed by atoms with E-state index in [1.165, 1.54) is 28.2 Å². The lowest BCUT2D eigenvalue weighted by Gasteiger charge is -2.17. The molecule has 5 nitrogen and oxygen atoms in total. The summed E-state index contributed by atoms with van der Waals surface area (Å²) in [5.74, 6) is -0.634. The van der Waals surface area contributed by atoms with Crippen molar-refractivity contribution in [1.82, 2.24) is 9.78 Å². The van der Waals surface area contributed by atoms with Gasteiger partial charge in [0.25, 0.3) is 5.91 Å². The topological polar surface area (TPSA) is 50.2 Å². The monoisotopic (exact) mass is 364 g/mol. The molecule has 0 fully saturated rings. The Hall–Kier alpha value is -3.15. The smallest absolute Gasteiger partial charge is 0.259 e. The Labute approximate surface area is 157 Å². The van der Waals surface area contributed by atoms with Crippen molar-refractivity contribution >= 4 is 17.3 Å². The van der Waals surface area contributed by atoms with Crippen LogP contribution in [0.4, 0.5) is 15.8 Å². The number of para-hydroxylation sites is 1. The van der Waals surface area contributed by atoms with Crippen LogP contribution in [0.1, 0.15) is 28.5 Å². The predicted molar refractivity (Wildman–Crippen MR) is 104 cm³/mol. The molecule has 3 aromatic rings. The molecule has 2 heterocycles. The van der Waals surface area contributed by atoms with Gasteiger partial charge in [0, 0.05) is 24.5 Å². The SMILES string of the molecule is CCN1CCc2ccc(NC(=O)c3cnn(-c4ccccc4F)c3C)cc21. The van der Waals surface area contributed by atoms with E-state index in [1.807, 2.05) is 12.1 Å². The third-order valence-electron chi connectivity index (χ3n) is 5.05. The van der Waals surface area contributed by atoms with Crippen LogP contribution >= 0.6 is 0 Å². The number of fused-ring (bicyclic) bond motifs is 1. The minimum atomic E-state index is -0.381. The maximum absolute atomic E-state index is 14.0. The second kappa shape index (κ2) is 6.87. The standard InChI is InChI=1S/C21H21FN4O/c1-3-25-11-10-15-8-9-16(12-20(15)25)24-21(27)17-13-23-26(14(17)2)19-7-5-4-6-18(19)22/h4-9,12-13H,3,10-11H2,1-2H3,(H,24,27). The van der Waals surface area contributed by atoms with E-state index in [2.05, 4.69) is 28.3 Å². The number of hydrogen-bond acceptors (Lipinski definition) is 3. The molecule has 0 aliphatic carbocycles. The average molecular weight is 364 g/mol. The van der Waals surface area contributed by atoms with Crippen molar-refractivity contribution in [3.8, 4) is 5.69 Å². The van der Waals surface area contributed by atoms with Crippen molar-refractivity contribution < 1.29 is 9.18 Å². The van der Waals surface area contributed by atoms with E-state index in [0.717, 1.165) is 25.2 Å². The number of amides is 1. The normalized spacial score (nSPS) is 12.9. The highest BCUT2D eigenvalue weighted by Crippen LogP contribution is 2.30. The minimum Gasteiger partial charge on any atom is -0.371 e. The molecule has 0 spiro atoms. The van der Waals surface area contributed by atoms with E-state index in [0.29, 0.717) is 16.9 Å². The number of nitrogens with one attached hydrogen (secondary N) is 1. The summed E-state index contributed by atoms with van der Waals surface area (Å²) in [6.07, 6.45) is 2.51. The predicted octanol–water partition coefficient (Wildman–Crippen LogP) is 3.95. The third-order valence-corrected chi connectivity index (χ3v) is 5.05. The number of aromatic nitrogens is 2. The highest BCUT2D eigenvalue weighted by atomic mass is 19.1. The molecule has 1 aromatic heterocycles. The maximum atomic E-state index is 14.0. The van der Waals surface area contributed by atoms with E-state index in [1.54, 1.807) is 25.1 Å². The second-order valence-electron chi connectivity index (χ2n) is 6.63. The van der Waals surface area contributed by atoms with Crippen molar-refractivity contribution in [3.63, 3.8) is 0 Å². The molecule has 0 saturated heterocycles. The molecule has 1 amide bonds. The zero-order valence-electron chi connectivity index (χ0n) is 15.4. The van der Waals surface area contributed by atoms with Gasteiger partial charge in [0.1, 0.15) is 11.5 Å². The molecule has 2 aromatic carbocycles. The molecule has 0 radical (unpaired) electrons. The first-order chi connectivity index (χ1) is 13.1. The van der Waals surface area contributed by atoms with Crippen molar-refractivity contribution in [1.29, 1.82) is 0 Å². The van der Waals surface area contributed by atoms with Gasteiger partial charge in [-0.2, -0.15) is 5.10 Å². The Morgan fingerprint density at radius 2 is 2.04 bits per heavy atom. The summed E-state index contributed by atoms with van der Waals surface area (Å²) in [6.45, 7) is 5.84. The first kappa shape index (κ1) is 17.3. The van der Waals surface area contributed by atoms with Crippen LogP contribution in [0.25, 0.3) is 5.69 Å². The lowest BCUT2D eigenvalue weighted by molar-refractivity contribution is 0.102. The molecule has 0 atom stereocenters. The van der Waals surface area contributed by atoms with Gasteiger partial charge in [-0.15, -0.1) is 0 Å². The van der Waals surface area contributed by atoms with Crippen molar-refractivity contribution in [2.24, 2.45) is 0 Å². The number of anilines is 2. The molecule has 1 aliphatic rings. The molecule has 4 rings (SSSR count). The van der Waals surface area contributed by atoms with Gasteiger partial charge in [-0.25, -0.2) is 9.07 Å². The quantitative estimate of drug-likeness (QED) is 0.762. The van der Waals surface area contributed by atoms with Gasteiger partial charge >= 0.3 is 0 Å². The molecule has 0 saturated carbocycles. The van der Waals surface area contributed by atoms with Gasteiger partial charge in [0.05, 0.1) is 17.5 Å². The number of halogens is 1. The van der Waals surface area contributed by atoms with E-state index in [4.69, 9.17) is 0 Å². The van der Waals surface area contributed by atoms with E-state index in [-0.39, 0.29) is 11.7 Å². The Bertz CT molecular complexity index is 1010. The molecule has 27 heavy (non-hydrogen) atoms. The zero-order valence-corrected chi connectivity index (χ0v) is 15.4. The first-order valence-electron chi connectivity index (χ1n) is 9.07. The molecular formula is C21H21FN4O. The van der Waals surface area contributed by atoms with Crippen LogP contribution in [-0.2, 0) is 6.42 Å².